The third-order valence-electron chi connectivity index (χ3n) is 3.65. The van der Waals surface area contributed by atoms with Gasteiger partial charge in [0.05, 0.1) is 24.4 Å². The summed E-state index contributed by atoms with van der Waals surface area (Å²) in [6.45, 7) is 5.10. The summed E-state index contributed by atoms with van der Waals surface area (Å²) in [6, 6.07) is 6.64. The molecule has 0 bridgehead atoms. The number of phenolic OH excluding ortho intramolecular Hbond substituents is 1. The summed E-state index contributed by atoms with van der Waals surface area (Å²) in [5.74, 6) is 1.21. The number of rotatable bonds is 3. The SMILES string of the molecule is CC(C)Oc1cncc(C(=O)N2CCOc3cc(O)ccc3C2)c1. The first kappa shape index (κ1) is 16.1. The van der Waals surface area contributed by atoms with Crippen molar-refractivity contribution in [2.24, 2.45) is 0 Å². The van der Waals surface area contributed by atoms with Gasteiger partial charge >= 0.3 is 0 Å². The lowest BCUT2D eigenvalue weighted by Gasteiger charge is -2.20. The lowest BCUT2D eigenvalue weighted by molar-refractivity contribution is 0.0732. The molecule has 0 atom stereocenters. The van der Waals surface area contributed by atoms with Crippen molar-refractivity contribution < 1.29 is 19.4 Å². The second kappa shape index (κ2) is 6.78. The Morgan fingerprint density at radius 2 is 2.17 bits per heavy atom. The molecule has 0 saturated heterocycles. The molecule has 1 aliphatic heterocycles. The highest BCUT2D eigenvalue weighted by Crippen LogP contribution is 2.28. The van der Waals surface area contributed by atoms with E-state index in [1.54, 1.807) is 41.6 Å². The van der Waals surface area contributed by atoms with Crippen LogP contribution in [0, 0.1) is 0 Å². The van der Waals surface area contributed by atoms with Crippen molar-refractivity contribution in [2.75, 3.05) is 13.2 Å². The number of benzene rings is 1. The number of hydrogen-bond acceptors (Lipinski definition) is 5. The maximum atomic E-state index is 12.8. The summed E-state index contributed by atoms with van der Waals surface area (Å²) in [4.78, 5) is 18.6. The minimum absolute atomic E-state index is 0.0169. The molecule has 0 spiro atoms. The van der Waals surface area contributed by atoms with E-state index in [9.17, 15) is 9.90 Å². The molecule has 6 heteroatoms. The molecule has 24 heavy (non-hydrogen) atoms. The molecule has 1 aromatic heterocycles. The highest BCUT2D eigenvalue weighted by molar-refractivity contribution is 5.94. The molecule has 1 N–H and O–H groups in total. The Bertz CT molecular complexity index is 746. The summed E-state index contributed by atoms with van der Waals surface area (Å²) in [5.41, 5.74) is 1.34. The van der Waals surface area contributed by atoms with E-state index >= 15 is 0 Å². The zero-order valence-corrected chi connectivity index (χ0v) is 13.7. The molecular weight excluding hydrogens is 308 g/mol. The molecule has 0 saturated carbocycles. The Hall–Kier alpha value is -2.76. The number of phenols is 1. The van der Waals surface area contributed by atoms with Crippen LogP contribution in [0.1, 0.15) is 29.8 Å². The van der Waals surface area contributed by atoms with Gasteiger partial charge in [-0.3, -0.25) is 9.78 Å². The molecule has 0 aliphatic carbocycles. The van der Waals surface area contributed by atoms with Crippen LogP contribution in [0.4, 0.5) is 0 Å². The van der Waals surface area contributed by atoms with Crippen LogP contribution in [0.3, 0.4) is 0 Å². The largest absolute Gasteiger partial charge is 0.508 e. The van der Waals surface area contributed by atoms with Gasteiger partial charge in [-0.2, -0.15) is 0 Å². The molecule has 1 aromatic carbocycles. The lowest BCUT2D eigenvalue weighted by Crippen LogP contribution is -2.32. The van der Waals surface area contributed by atoms with Gasteiger partial charge in [0, 0.05) is 24.4 Å². The third kappa shape index (κ3) is 3.59. The highest BCUT2D eigenvalue weighted by atomic mass is 16.5. The van der Waals surface area contributed by atoms with Crippen molar-refractivity contribution in [1.29, 1.82) is 0 Å². The monoisotopic (exact) mass is 328 g/mol. The van der Waals surface area contributed by atoms with Crippen LogP contribution < -0.4 is 9.47 Å². The van der Waals surface area contributed by atoms with E-state index in [1.807, 2.05) is 13.8 Å². The maximum Gasteiger partial charge on any atom is 0.255 e. The fraction of sp³-hybridized carbons (Fsp3) is 0.333. The number of ether oxygens (including phenoxy) is 2. The number of carbonyl (C=O) groups is 1. The number of carbonyl (C=O) groups excluding carboxylic acids is 1. The van der Waals surface area contributed by atoms with Crippen molar-refractivity contribution >= 4 is 5.91 Å². The average molecular weight is 328 g/mol. The van der Waals surface area contributed by atoms with E-state index in [2.05, 4.69) is 4.98 Å². The second-order valence-electron chi connectivity index (χ2n) is 5.94. The maximum absolute atomic E-state index is 12.8. The zero-order valence-electron chi connectivity index (χ0n) is 13.7. The van der Waals surface area contributed by atoms with Gasteiger partial charge in [0.1, 0.15) is 23.9 Å². The van der Waals surface area contributed by atoms with Crippen molar-refractivity contribution in [3.8, 4) is 17.2 Å². The normalized spacial score (nSPS) is 13.9. The number of hydrogen-bond donors (Lipinski definition) is 1. The van der Waals surface area contributed by atoms with Crippen LogP contribution in [-0.4, -0.2) is 40.2 Å². The van der Waals surface area contributed by atoms with Crippen LogP contribution in [0.5, 0.6) is 17.2 Å². The molecule has 0 unspecified atom stereocenters. The van der Waals surface area contributed by atoms with Gasteiger partial charge in [0.15, 0.2) is 0 Å². The van der Waals surface area contributed by atoms with Crippen LogP contribution in [-0.2, 0) is 6.54 Å². The zero-order chi connectivity index (χ0) is 17.1. The number of aromatic hydroxyl groups is 1. The summed E-state index contributed by atoms with van der Waals surface area (Å²) < 4.78 is 11.2. The third-order valence-corrected chi connectivity index (χ3v) is 3.65. The Balaban J connectivity index is 1.81. The first-order chi connectivity index (χ1) is 11.5. The molecule has 1 amide bonds. The number of pyridine rings is 1. The minimum Gasteiger partial charge on any atom is -0.508 e. The summed E-state index contributed by atoms with van der Waals surface area (Å²) in [6.07, 6.45) is 3.16. The van der Waals surface area contributed by atoms with Crippen LogP contribution in [0.2, 0.25) is 0 Å². The van der Waals surface area contributed by atoms with Crippen molar-refractivity contribution in [3.63, 3.8) is 0 Å². The van der Waals surface area contributed by atoms with E-state index in [0.29, 0.717) is 36.8 Å². The van der Waals surface area contributed by atoms with Crippen molar-refractivity contribution in [1.82, 2.24) is 9.88 Å². The standard InChI is InChI=1S/C18H20N2O4/c1-12(2)24-16-7-14(9-19-10-16)18(22)20-5-6-23-17-8-15(21)4-3-13(17)11-20/h3-4,7-10,12,21H,5-6,11H2,1-2H3. The molecule has 2 heterocycles. The van der Waals surface area contributed by atoms with Gasteiger partial charge < -0.3 is 19.5 Å². The van der Waals surface area contributed by atoms with E-state index in [-0.39, 0.29) is 17.8 Å². The first-order valence-corrected chi connectivity index (χ1v) is 7.88. The molecule has 1 aliphatic rings. The Morgan fingerprint density at radius 3 is 2.96 bits per heavy atom. The van der Waals surface area contributed by atoms with Crippen molar-refractivity contribution in [2.45, 2.75) is 26.5 Å². The van der Waals surface area contributed by atoms with E-state index in [4.69, 9.17) is 9.47 Å². The topological polar surface area (TPSA) is 71.9 Å². The molecule has 2 aromatic rings. The van der Waals surface area contributed by atoms with Crippen LogP contribution in [0.15, 0.2) is 36.7 Å². The van der Waals surface area contributed by atoms with Crippen LogP contribution in [0.25, 0.3) is 0 Å². The minimum atomic E-state index is -0.124. The Labute approximate surface area is 140 Å². The summed E-state index contributed by atoms with van der Waals surface area (Å²) >= 11 is 0. The fourth-order valence-corrected chi connectivity index (χ4v) is 2.59. The molecule has 126 valence electrons. The number of amides is 1. The van der Waals surface area contributed by atoms with Gasteiger partial charge in [-0.1, -0.05) is 0 Å². The van der Waals surface area contributed by atoms with Crippen LogP contribution >= 0.6 is 0 Å². The van der Waals surface area contributed by atoms with Gasteiger partial charge in [0.25, 0.3) is 5.91 Å². The van der Waals surface area contributed by atoms with Gasteiger partial charge in [-0.25, -0.2) is 0 Å². The van der Waals surface area contributed by atoms with Crippen molar-refractivity contribution in [3.05, 3.63) is 47.8 Å². The van der Waals surface area contributed by atoms with E-state index in [1.165, 1.54) is 0 Å². The van der Waals surface area contributed by atoms with E-state index < -0.39 is 0 Å². The van der Waals surface area contributed by atoms with Gasteiger partial charge in [-0.05, 0) is 32.0 Å². The number of nitrogens with zero attached hydrogens (tertiary/aromatic N) is 2. The summed E-state index contributed by atoms with van der Waals surface area (Å²) in [5, 5.41) is 9.55. The summed E-state index contributed by atoms with van der Waals surface area (Å²) in [7, 11) is 0. The van der Waals surface area contributed by atoms with Gasteiger partial charge in [0.2, 0.25) is 0 Å². The fourth-order valence-electron chi connectivity index (χ4n) is 2.59. The molecule has 6 nitrogen and oxygen atoms in total. The number of aromatic nitrogens is 1. The van der Waals surface area contributed by atoms with E-state index in [0.717, 1.165) is 5.56 Å². The average Bonchev–Trinajstić information content (AvgIpc) is 2.75. The Morgan fingerprint density at radius 1 is 1.33 bits per heavy atom. The quantitative estimate of drug-likeness (QED) is 0.938. The molecule has 0 radical (unpaired) electrons. The molecule has 0 fully saturated rings. The lowest BCUT2D eigenvalue weighted by atomic mass is 10.1. The molecular formula is C18H20N2O4. The van der Waals surface area contributed by atoms with Gasteiger partial charge in [-0.15, -0.1) is 0 Å². The number of fused-ring (bicyclic) bond motifs is 1. The molecule has 3 rings (SSSR count). The second-order valence-corrected chi connectivity index (χ2v) is 5.94. The first-order valence-electron chi connectivity index (χ1n) is 7.88. The highest BCUT2D eigenvalue weighted by Gasteiger charge is 2.22. The Kier molecular flexibility index (Phi) is 4.55. The predicted octanol–water partition coefficient (Wildman–Crippen LogP) is 2.61. The smallest absolute Gasteiger partial charge is 0.255 e. The predicted molar refractivity (Wildman–Crippen MR) is 88.3 cm³/mol.